The molecule has 0 radical (unpaired) electrons. The lowest BCUT2D eigenvalue weighted by Crippen LogP contribution is -2.58. The number of amides is 2. The first-order chi connectivity index (χ1) is 9.45. The number of urea groups is 1. The van der Waals surface area contributed by atoms with Crippen molar-refractivity contribution in [2.75, 3.05) is 0 Å². The highest BCUT2D eigenvalue weighted by molar-refractivity contribution is 5.86. The molecule has 5 nitrogen and oxygen atoms in total. The molecule has 0 aromatic carbocycles. The van der Waals surface area contributed by atoms with Crippen molar-refractivity contribution < 1.29 is 14.7 Å². The average Bonchev–Trinajstić information content (AvgIpc) is 2.45. The summed E-state index contributed by atoms with van der Waals surface area (Å²) in [6, 6.07) is -0.273. The number of nitrogens with one attached hydrogen (secondary N) is 2. The SMILES string of the molecule is CCC(CC)(NC(=O)NC(C)C1CCCCC1)C(=O)O. The van der Waals surface area contributed by atoms with Gasteiger partial charge in [-0.15, -0.1) is 0 Å². The minimum absolute atomic E-state index is 0.0931. The number of rotatable bonds is 6. The largest absolute Gasteiger partial charge is 0.480 e. The Morgan fingerprint density at radius 1 is 1.20 bits per heavy atom. The van der Waals surface area contributed by atoms with E-state index >= 15 is 0 Å². The van der Waals surface area contributed by atoms with Crippen LogP contribution >= 0.6 is 0 Å². The molecule has 1 saturated carbocycles. The maximum atomic E-state index is 12.0. The molecule has 0 aromatic rings. The Bertz CT molecular complexity index is 334. The molecule has 1 aliphatic rings. The molecular formula is C15H28N2O3. The first-order valence-electron chi connectivity index (χ1n) is 7.77. The number of aliphatic carboxylic acids is 1. The molecule has 0 aromatic heterocycles. The highest BCUT2D eigenvalue weighted by atomic mass is 16.4. The van der Waals surface area contributed by atoms with Crippen molar-refractivity contribution in [3.05, 3.63) is 0 Å². The van der Waals surface area contributed by atoms with Crippen molar-refractivity contribution in [2.24, 2.45) is 5.92 Å². The van der Waals surface area contributed by atoms with Crippen LogP contribution in [0.4, 0.5) is 4.79 Å². The molecule has 116 valence electrons. The molecule has 0 heterocycles. The maximum absolute atomic E-state index is 12.0. The summed E-state index contributed by atoms with van der Waals surface area (Å²) < 4.78 is 0. The molecule has 1 atom stereocenters. The van der Waals surface area contributed by atoms with E-state index < -0.39 is 11.5 Å². The standard InChI is InChI=1S/C15H28N2O3/c1-4-15(5-2,13(18)19)17-14(20)16-11(3)12-9-7-6-8-10-12/h11-12H,4-10H2,1-3H3,(H,18,19)(H2,16,17,20). The predicted octanol–water partition coefficient (Wildman–Crippen LogP) is 2.90. The van der Waals surface area contributed by atoms with Gasteiger partial charge in [-0.3, -0.25) is 0 Å². The lowest BCUT2D eigenvalue weighted by molar-refractivity contribution is -0.144. The van der Waals surface area contributed by atoms with E-state index in [0.29, 0.717) is 18.8 Å². The first-order valence-corrected chi connectivity index (χ1v) is 7.77. The molecular weight excluding hydrogens is 256 g/mol. The smallest absolute Gasteiger partial charge is 0.329 e. The molecule has 0 saturated heterocycles. The number of hydrogen-bond acceptors (Lipinski definition) is 2. The fourth-order valence-electron chi connectivity index (χ4n) is 2.99. The summed E-state index contributed by atoms with van der Waals surface area (Å²) in [5.74, 6) is -0.458. The Kier molecular flexibility index (Phi) is 6.30. The highest BCUT2D eigenvalue weighted by Crippen LogP contribution is 2.26. The van der Waals surface area contributed by atoms with Gasteiger partial charge in [-0.1, -0.05) is 33.1 Å². The zero-order valence-corrected chi connectivity index (χ0v) is 12.9. The summed E-state index contributed by atoms with van der Waals surface area (Å²) in [5.41, 5.74) is -1.16. The second kappa shape index (κ2) is 7.50. The molecule has 2 amide bonds. The van der Waals surface area contributed by atoms with Crippen LogP contribution in [0.3, 0.4) is 0 Å². The zero-order valence-electron chi connectivity index (χ0n) is 12.9. The van der Waals surface area contributed by atoms with Crippen LogP contribution in [0, 0.1) is 5.92 Å². The van der Waals surface area contributed by atoms with Gasteiger partial charge in [0.05, 0.1) is 0 Å². The molecule has 1 fully saturated rings. The Labute approximate surface area is 121 Å². The van der Waals surface area contributed by atoms with Crippen LogP contribution in [0.15, 0.2) is 0 Å². The lowest BCUT2D eigenvalue weighted by atomic mass is 9.84. The third kappa shape index (κ3) is 4.12. The summed E-state index contributed by atoms with van der Waals surface area (Å²) in [6.45, 7) is 5.57. The van der Waals surface area contributed by atoms with E-state index in [4.69, 9.17) is 0 Å². The topological polar surface area (TPSA) is 78.4 Å². The van der Waals surface area contributed by atoms with Gasteiger partial charge in [0.25, 0.3) is 0 Å². The Morgan fingerprint density at radius 3 is 2.20 bits per heavy atom. The highest BCUT2D eigenvalue weighted by Gasteiger charge is 2.36. The first kappa shape index (κ1) is 16.8. The van der Waals surface area contributed by atoms with Gasteiger partial charge in [-0.2, -0.15) is 0 Å². The second-order valence-corrected chi connectivity index (χ2v) is 5.88. The Hall–Kier alpha value is -1.26. The van der Waals surface area contributed by atoms with Crippen LogP contribution in [0.5, 0.6) is 0 Å². The summed E-state index contributed by atoms with van der Waals surface area (Å²) in [7, 11) is 0. The number of carboxylic acids is 1. The predicted molar refractivity (Wildman–Crippen MR) is 78.7 cm³/mol. The molecule has 0 spiro atoms. The number of carbonyl (C=O) groups excluding carboxylic acids is 1. The van der Waals surface area contributed by atoms with Gasteiger partial charge < -0.3 is 15.7 Å². The van der Waals surface area contributed by atoms with Crippen molar-refractivity contribution in [3.63, 3.8) is 0 Å². The zero-order chi connectivity index (χ0) is 15.2. The minimum atomic E-state index is -1.16. The number of hydrogen-bond donors (Lipinski definition) is 3. The molecule has 0 bridgehead atoms. The van der Waals surface area contributed by atoms with Crippen LogP contribution in [-0.4, -0.2) is 28.7 Å². The number of carbonyl (C=O) groups is 2. The van der Waals surface area contributed by atoms with Crippen LogP contribution in [0.25, 0.3) is 0 Å². The van der Waals surface area contributed by atoms with Gasteiger partial charge in [0.2, 0.25) is 0 Å². The summed E-state index contributed by atoms with van der Waals surface area (Å²) in [5, 5.41) is 14.9. The van der Waals surface area contributed by atoms with Crippen molar-refractivity contribution in [2.45, 2.75) is 77.3 Å². The minimum Gasteiger partial charge on any atom is -0.480 e. The van der Waals surface area contributed by atoms with Crippen molar-refractivity contribution in [1.29, 1.82) is 0 Å². The van der Waals surface area contributed by atoms with Crippen LogP contribution in [-0.2, 0) is 4.79 Å². The van der Waals surface area contributed by atoms with Crippen molar-refractivity contribution in [3.8, 4) is 0 Å². The fourth-order valence-corrected chi connectivity index (χ4v) is 2.99. The van der Waals surface area contributed by atoms with E-state index in [9.17, 15) is 14.7 Å². The van der Waals surface area contributed by atoms with Gasteiger partial charge in [-0.25, -0.2) is 9.59 Å². The molecule has 5 heteroatoms. The van der Waals surface area contributed by atoms with Gasteiger partial charge in [0.1, 0.15) is 5.54 Å². The Morgan fingerprint density at radius 2 is 1.75 bits per heavy atom. The molecule has 1 aliphatic carbocycles. The van der Waals surface area contributed by atoms with Crippen LogP contribution < -0.4 is 10.6 Å². The lowest BCUT2D eigenvalue weighted by Gasteiger charge is -2.32. The van der Waals surface area contributed by atoms with Gasteiger partial charge in [0.15, 0.2) is 0 Å². The maximum Gasteiger partial charge on any atom is 0.329 e. The van der Waals surface area contributed by atoms with Gasteiger partial charge >= 0.3 is 12.0 Å². The van der Waals surface area contributed by atoms with E-state index in [1.165, 1.54) is 19.3 Å². The number of carboxylic acid groups (broad SMARTS) is 1. The summed E-state index contributed by atoms with van der Waals surface area (Å²) in [6.07, 6.45) is 6.78. The third-order valence-corrected chi connectivity index (χ3v) is 4.69. The fraction of sp³-hybridized carbons (Fsp3) is 0.867. The Balaban J connectivity index is 2.54. The van der Waals surface area contributed by atoms with E-state index in [2.05, 4.69) is 10.6 Å². The quantitative estimate of drug-likeness (QED) is 0.701. The third-order valence-electron chi connectivity index (χ3n) is 4.69. The van der Waals surface area contributed by atoms with Crippen molar-refractivity contribution >= 4 is 12.0 Å². The van der Waals surface area contributed by atoms with E-state index in [-0.39, 0.29) is 12.1 Å². The molecule has 3 N–H and O–H groups in total. The normalized spacial score (nSPS) is 18.4. The molecule has 1 rings (SSSR count). The van der Waals surface area contributed by atoms with Gasteiger partial charge in [-0.05, 0) is 38.5 Å². The van der Waals surface area contributed by atoms with Crippen LogP contribution in [0.1, 0.15) is 65.7 Å². The van der Waals surface area contributed by atoms with E-state index in [1.54, 1.807) is 13.8 Å². The molecule has 0 aliphatic heterocycles. The summed E-state index contributed by atoms with van der Waals surface area (Å²) in [4.78, 5) is 23.4. The van der Waals surface area contributed by atoms with Crippen LogP contribution in [0.2, 0.25) is 0 Å². The molecule has 20 heavy (non-hydrogen) atoms. The molecule has 1 unspecified atom stereocenters. The average molecular weight is 284 g/mol. The second-order valence-electron chi connectivity index (χ2n) is 5.88. The van der Waals surface area contributed by atoms with E-state index in [1.807, 2.05) is 6.92 Å². The van der Waals surface area contributed by atoms with Gasteiger partial charge in [0, 0.05) is 6.04 Å². The summed E-state index contributed by atoms with van der Waals surface area (Å²) >= 11 is 0. The monoisotopic (exact) mass is 284 g/mol. The van der Waals surface area contributed by atoms with Crippen molar-refractivity contribution in [1.82, 2.24) is 10.6 Å². The van der Waals surface area contributed by atoms with E-state index in [0.717, 1.165) is 12.8 Å².